The van der Waals surface area contributed by atoms with Gasteiger partial charge < -0.3 is 13.9 Å². The second-order valence-electron chi connectivity index (χ2n) is 6.11. The number of likely N-dealkylation sites (tertiary alicyclic amines) is 1. The quantitative estimate of drug-likeness (QED) is 0.855. The average Bonchev–Trinajstić information content (AvgIpc) is 3.24. The molecule has 1 amide bonds. The number of hydrogen-bond donors (Lipinski definition) is 0. The molecule has 1 atom stereocenters. The lowest BCUT2D eigenvalue weighted by Gasteiger charge is -2.24. The van der Waals surface area contributed by atoms with Crippen molar-refractivity contribution in [3.8, 4) is 0 Å². The second kappa shape index (κ2) is 5.59. The third-order valence-electron chi connectivity index (χ3n) is 4.72. The normalized spacial score (nSPS) is 21.6. The molecule has 22 heavy (non-hydrogen) atoms. The number of amides is 1. The van der Waals surface area contributed by atoms with Gasteiger partial charge in [0.1, 0.15) is 12.1 Å². The minimum Gasteiger partial charge on any atom is -0.472 e. The van der Waals surface area contributed by atoms with E-state index in [1.165, 1.54) is 25.5 Å². The van der Waals surface area contributed by atoms with E-state index < -0.39 is 0 Å². The molecule has 116 valence electrons. The molecular formula is C16H20N4O2. The first-order chi connectivity index (χ1) is 10.8. The topological polar surface area (TPSA) is 64.2 Å². The molecule has 6 nitrogen and oxygen atoms in total. The lowest BCUT2D eigenvalue weighted by atomic mass is 10.2. The summed E-state index contributed by atoms with van der Waals surface area (Å²) >= 11 is 0. The summed E-state index contributed by atoms with van der Waals surface area (Å²) in [6.07, 6.45) is 9.61. The predicted octanol–water partition coefficient (Wildman–Crippen LogP) is 2.57. The molecule has 6 heteroatoms. The van der Waals surface area contributed by atoms with Gasteiger partial charge in [-0.05, 0) is 31.7 Å². The van der Waals surface area contributed by atoms with Gasteiger partial charge in [0.2, 0.25) is 0 Å². The van der Waals surface area contributed by atoms with Crippen LogP contribution in [0, 0.1) is 0 Å². The van der Waals surface area contributed by atoms with Crippen molar-refractivity contribution in [1.29, 1.82) is 0 Å². The van der Waals surface area contributed by atoms with Gasteiger partial charge in [-0.15, -0.1) is 10.2 Å². The van der Waals surface area contributed by atoms with Gasteiger partial charge in [0.25, 0.3) is 5.91 Å². The molecule has 1 fully saturated rings. The zero-order chi connectivity index (χ0) is 14.9. The van der Waals surface area contributed by atoms with Gasteiger partial charge in [-0.1, -0.05) is 6.42 Å². The van der Waals surface area contributed by atoms with Crippen molar-refractivity contribution in [3.63, 3.8) is 0 Å². The van der Waals surface area contributed by atoms with Crippen LogP contribution < -0.4 is 0 Å². The number of furan rings is 1. The van der Waals surface area contributed by atoms with Crippen LogP contribution in [0.4, 0.5) is 0 Å². The maximum absolute atomic E-state index is 12.7. The van der Waals surface area contributed by atoms with E-state index in [-0.39, 0.29) is 11.9 Å². The van der Waals surface area contributed by atoms with Gasteiger partial charge in [-0.3, -0.25) is 4.79 Å². The largest absolute Gasteiger partial charge is 0.472 e. The van der Waals surface area contributed by atoms with Crippen LogP contribution >= 0.6 is 0 Å². The first-order valence-corrected chi connectivity index (χ1v) is 8.10. The average molecular weight is 300 g/mol. The molecule has 4 heterocycles. The van der Waals surface area contributed by atoms with Gasteiger partial charge >= 0.3 is 0 Å². The Bertz CT molecular complexity index is 662. The van der Waals surface area contributed by atoms with E-state index in [4.69, 9.17) is 4.42 Å². The van der Waals surface area contributed by atoms with E-state index in [0.717, 1.165) is 44.0 Å². The number of carbonyl (C=O) groups excluding carboxylic acids is 1. The van der Waals surface area contributed by atoms with E-state index in [2.05, 4.69) is 14.8 Å². The van der Waals surface area contributed by atoms with E-state index in [1.807, 2.05) is 4.90 Å². The number of aromatic nitrogens is 3. The van der Waals surface area contributed by atoms with Gasteiger partial charge in [-0.25, -0.2) is 0 Å². The first-order valence-electron chi connectivity index (χ1n) is 8.10. The summed E-state index contributed by atoms with van der Waals surface area (Å²) < 4.78 is 7.30. The molecule has 2 aliphatic rings. The second-order valence-corrected chi connectivity index (χ2v) is 6.11. The van der Waals surface area contributed by atoms with Crippen molar-refractivity contribution in [2.45, 2.75) is 51.1 Å². The summed E-state index contributed by atoms with van der Waals surface area (Å²) in [4.78, 5) is 14.6. The fourth-order valence-electron chi connectivity index (χ4n) is 3.58. The van der Waals surface area contributed by atoms with Crippen LogP contribution in [-0.4, -0.2) is 32.1 Å². The zero-order valence-corrected chi connectivity index (χ0v) is 12.6. The van der Waals surface area contributed by atoms with Crippen LogP contribution in [0.5, 0.6) is 0 Å². The smallest absolute Gasteiger partial charge is 0.257 e. The highest BCUT2D eigenvalue weighted by atomic mass is 16.3. The van der Waals surface area contributed by atoms with Gasteiger partial charge in [-0.2, -0.15) is 0 Å². The summed E-state index contributed by atoms with van der Waals surface area (Å²) in [5.74, 6) is 2.07. The highest BCUT2D eigenvalue weighted by Gasteiger charge is 2.35. The van der Waals surface area contributed by atoms with E-state index >= 15 is 0 Å². The molecule has 0 saturated carbocycles. The van der Waals surface area contributed by atoms with Crippen molar-refractivity contribution in [3.05, 3.63) is 35.8 Å². The van der Waals surface area contributed by atoms with Gasteiger partial charge in [0.05, 0.1) is 17.9 Å². The molecule has 0 bridgehead atoms. The Morgan fingerprint density at radius 1 is 1.18 bits per heavy atom. The number of carbonyl (C=O) groups is 1. The summed E-state index contributed by atoms with van der Waals surface area (Å²) in [7, 11) is 0. The number of hydrogen-bond acceptors (Lipinski definition) is 4. The van der Waals surface area contributed by atoms with Crippen LogP contribution in [0.25, 0.3) is 0 Å². The van der Waals surface area contributed by atoms with Crippen LogP contribution in [-0.2, 0) is 13.0 Å². The third kappa shape index (κ3) is 2.23. The third-order valence-corrected chi connectivity index (χ3v) is 4.72. The van der Waals surface area contributed by atoms with Crippen molar-refractivity contribution in [2.24, 2.45) is 0 Å². The molecular weight excluding hydrogens is 280 g/mol. The molecule has 0 radical (unpaired) electrons. The Kier molecular flexibility index (Phi) is 3.44. The molecule has 2 aromatic heterocycles. The molecule has 1 saturated heterocycles. The minimum atomic E-state index is 0.0298. The standard InChI is InChI=1S/C16H20N4O2/c21-16(12-7-10-22-11-12)19-9-4-5-13(19)15-18-17-14-6-2-1-3-8-20(14)15/h7,10-11,13H,1-6,8-9H2/t13-/m0/s1. The lowest BCUT2D eigenvalue weighted by Crippen LogP contribution is -2.32. The van der Waals surface area contributed by atoms with E-state index in [1.54, 1.807) is 12.3 Å². The first kappa shape index (κ1) is 13.5. The number of rotatable bonds is 2. The maximum Gasteiger partial charge on any atom is 0.257 e. The Hall–Kier alpha value is -2.11. The summed E-state index contributed by atoms with van der Waals surface area (Å²) in [5, 5.41) is 8.81. The van der Waals surface area contributed by atoms with Crippen LogP contribution in [0.15, 0.2) is 23.0 Å². The molecule has 0 aliphatic carbocycles. The Balaban J connectivity index is 1.64. The van der Waals surface area contributed by atoms with Crippen molar-refractivity contribution < 1.29 is 9.21 Å². The van der Waals surface area contributed by atoms with E-state index in [0.29, 0.717) is 5.56 Å². The number of nitrogens with zero attached hydrogens (tertiary/aromatic N) is 4. The highest BCUT2D eigenvalue weighted by Crippen LogP contribution is 2.33. The van der Waals surface area contributed by atoms with Crippen LogP contribution in [0.3, 0.4) is 0 Å². The SMILES string of the molecule is O=C(c1ccoc1)N1CCC[C@H]1c1nnc2n1CCCCC2. The Morgan fingerprint density at radius 2 is 2.14 bits per heavy atom. The van der Waals surface area contributed by atoms with Crippen molar-refractivity contribution in [2.75, 3.05) is 6.54 Å². The Morgan fingerprint density at radius 3 is 3.00 bits per heavy atom. The zero-order valence-electron chi connectivity index (χ0n) is 12.6. The van der Waals surface area contributed by atoms with E-state index in [9.17, 15) is 4.79 Å². The summed E-state index contributed by atoms with van der Waals surface area (Å²) in [5.41, 5.74) is 0.613. The molecule has 0 unspecified atom stereocenters. The molecule has 0 spiro atoms. The van der Waals surface area contributed by atoms with Gasteiger partial charge in [0, 0.05) is 19.5 Å². The highest BCUT2D eigenvalue weighted by molar-refractivity contribution is 5.94. The van der Waals surface area contributed by atoms with Gasteiger partial charge in [0.15, 0.2) is 5.82 Å². The minimum absolute atomic E-state index is 0.0298. The summed E-state index contributed by atoms with van der Waals surface area (Å²) in [6.45, 7) is 1.75. The predicted molar refractivity (Wildman–Crippen MR) is 79.3 cm³/mol. The lowest BCUT2D eigenvalue weighted by molar-refractivity contribution is 0.0726. The molecule has 4 rings (SSSR count). The Labute approximate surface area is 129 Å². The van der Waals surface area contributed by atoms with Crippen LogP contribution in [0.1, 0.15) is 60.2 Å². The summed E-state index contributed by atoms with van der Waals surface area (Å²) in [6, 6.07) is 1.77. The van der Waals surface area contributed by atoms with Crippen molar-refractivity contribution >= 4 is 5.91 Å². The monoisotopic (exact) mass is 300 g/mol. The fraction of sp³-hybridized carbons (Fsp3) is 0.562. The number of fused-ring (bicyclic) bond motifs is 1. The number of aryl methyl sites for hydroxylation is 1. The van der Waals surface area contributed by atoms with Crippen LogP contribution in [0.2, 0.25) is 0 Å². The maximum atomic E-state index is 12.7. The molecule has 0 N–H and O–H groups in total. The molecule has 2 aromatic rings. The fourth-order valence-corrected chi connectivity index (χ4v) is 3.58. The van der Waals surface area contributed by atoms with Crippen molar-refractivity contribution in [1.82, 2.24) is 19.7 Å². The molecule has 2 aliphatic heterocycles. The molecule has 0 aromatic carbocycles.